The Morgan fingerprint density at radius 3 is 2.34 bits per heavy atom. The molecule has 198 valence electrons. The van der Waals surface area contributed by atoms with Crippen LogP contribution in [0.25, 0.3) is 0 Å². The second-order valence-electron chi connectivity index (χ2n) is 9.48. The number of benzene rings is 1. The smallest absolute Gasteiger partial charge is 0.410 e. The minimum absolute atomic E-state index is 0.0162. The van der Waals surface area contributed by atoms with Crippen molar-refractivity contribution in [1.82, 2.24) is 14.9 Å². The number of nitrogens with zero attached hydrogens (tertiary/aromatic N) is 1. The van der Waals surface area contributed by atoms with Crippen LogP contribution in [0.4, 0.5) is 4.79 Å². The van der Waals surface area contributed by atoms with Crippen LogP contribution in [0.5, 0.6) is 5.75 Å². The molecular weight excluding hydrogens is 606 g/mol. The maximum Gasteiger partial charge on any atom is 0.410 e. The number of piperidine rings is 1. The Kier molecular flexibility index (Phi) is 10.9. The van der Waals surface area contributed by atoms with Gasteiger partial charge >= 0.3 is 6.09 Å². The molecule has 0 aliphatic carbocycles. The first-order chi connectivity index (χ1) is 16.3. The fourth-order valence-electron chi connectivity index (χ4n) is 3.61. The van der Waals surface area contributed by atoms with Gasteiger partial charge in [-0.15, -0.1) is 0 Å². The number of hydrogen-bond donors (Lipinski definition) is 2. The zero-order valence-corrected chi connectivity index (χ0v) is 24.8. The lowest BCUT2D eigenvalue weighted by Gasteiger charge is -2.34. The van der Waals surface area contributed by atoms with Crippen molar-refractivity contribution >= 4 is 53.9 Å². The maximum atomic E-state index is 13.2. The van der Waals surface area contributed by atoms with Crippen molar-refractivity contribution in [3.8, 4) is 5.75 Å². The molecule has 2 N–H and O–H groups in total. The molecule has 0 unspecified atom stereocenters. The molecule has 35 heavy (non-hydrogen) atoms. The molecule has 1 aliphatic rings. The van der Waals surface area contributed by atoms with Crippen molar-refractivity contribution in [2.45, 2.75) is 82.4 Å². The topological polar surface area (TPSA) is 114 Å². The van der Waals surface area contributed by atoms with E-state index in [1.165, 1.54) is 13.2 Å². The first-order valence-electron chi connectivity index (χ1n) is 11.6. The van der Waals surface area contributed by atoms with Gasteiger partial charge in [-0.2, -0.15) is 4.72 Å². The van der Waals surface area contributed by atoms with E-state index in [9.17, 15) is 18.0 Å². The number of hydrogen-bond acceptors (Lipinski definition) is 6. The highest BCUT2D eigenvalue weighted by Gasteiger charge is 2.31. The average molecular weight is 641 g/mol. The van der Waals surface area contributed by atoms with E-state index in [0.29, 0.717) is 53.5 Å². The highest BCUT2D eigenvalue weighted by atomic mass is 79.9. The van der Waals surface area contributed by atoms with E-state index < -0.39 is 21.7 Å². The molecule has 1 heterocycles. The largest absolute Gasteiger partial charge is 0.496 e. The van der Waals surface area contributed by atoms with Crippen LogP contribution in [0.1, 0.15) is 59.8 Å². The maximum absolute atomic E-state index is 13.2. The Bertz CT molecular complexity index is 1010. The van der Waals surface area contributed by atoms with E-state index in [1.54, 1.807) is 11.0 Å². The summed E-state index contributed by atoms with van der Waals surface area (Å²) < 4.78 is 40.5. The number of amides is 2. The van der Waals surface area contributed by atoms with Gasteiger partial charge in [0.05, 0.1) is 16.5 Å². The number of carbonyl (C=O) groups is 2. The number of likely N-dealkylation sites (tertiary alicyclic amines) is 1. The molecule has 1 saturated heterocycles. The average Bonchev–Trinajstić information content (AvgIpc) is 2.75. The molecule has 1 aromatic carbocycles. The summed E-state index contributed by atoms with van der Waals surface area (Å²) >= 11 is 6.63. The lowest BCUT2D eigenvalue weighted by Crippen LogP contribution is -2.53. The van der Waals surface area contributed by atoms with Crippen LogP contribution in [0.15, 0.2) is 26.0 Å². The van der Waals surface area contributed by atoms with Crippen molar-refractivity contribution < 1.29 is 27.5 Å². The molecule has 0 aromatic heterocycles. The Morgan fingerprint density at radius 2 is 1.80 bits per heavy atom. The summed E-state index contributed by atoms with van der Waals surface area (Å²) in [7, 11) is -2.57. The van der Waals surface area contributed by atoms with Gasteiger partial charge in [-0.1, -0.05) is 19.8 Å². The lowest BCUT2D eigenvalue weighted by atomic mass is 10.0. The van der Waals surface area contributed by atoms with Crippen LogP contribution >= 0.6 is 31.9 Å². The predicted octanol–water partition coefficient (Wildman–Crippen LogP) is 4.57. The van der Waals surface area contributed by atoms with Gasteiger partial charge in [-0.25, -0.2) is 13.2 Å². The summed E-state index contributed by atoms with van der Waals surface area (Å²) in [5, 5.41) is 2.97. The van der Waals surface area contributed by atoms with Gasteiger partial charge < -0.3 is 19.7 Å². The zero-order chi connectivity index (χ0) is 26.4. The van der Waals surface area contributed by atoms with Crippen molar-refractivity contribution in [2.24, 2.45) is 0 Å². The molecule has 2 rings (SSSR count). The third kappa shape index (κ3) is 8.91. The quantitative estimate of drug-likeness (QED) is 0.409. The monoisotopic (exact) mass is 639 g/mol. The van der Waals surface area contributed by atoms with Crippen LogP contribution in [0.2, 0.25) is 0 Å². The normalized spacial score (nSPS) is 16.0. The van der Waals surface area contributed by atoms with Gasteiger partial charge in [-0.3, -0.25) is 4.79 Å². The summed E-state index contributed by atoms with van der Waals surface area (Å²) in [6.07, 6.45) is 2.62. The van der Waals surface area contributed by atoms with E-state index in [2.05, 4.69) is 41.9 Å². The van der Waals surface area contributed by atoms with E-state index in [-0.39, 0.29) is 22.9 Å². The number of rotatable bonds is 9. The standard InChI is InChI=1S/C23H35Br2N3O6S/c1-6-7-8-18(27-35(31,32)20-14-19(33-5)16(24)13-17(20)25)21(29)26-15-9-11-28(12-10-15)22(30)34-23(2,3)4/h13-15,18,27H,6-12H2,1-5H3,(H,26,29)/t18-/m1/s1. The molecule has 1 aliphatic heterocycles. The van der Waals surface area contributed by atoms with Gasteiger partial charge in [0, 0.05) is 29.7 Å². The second kappa shape index (κ2) is 12.7. The molecule has 0 radical (unpaired) electrons. The van der Waals surface area contributed by atoms with E-state index in [0.717, 1.165) is 6.42 Å². The number of ether oxygens (including phenoxy) is 2. The summed E-state index contributed by atoms with van der Waals surface area (Å²) in [5.74, 6) is -0.0159. The van der Waals surface area contributed by atoms with E-state index in [4.69, 9.17) is 9.47 Å². The Morgan fingerprint density at radius 1 is 1.17 bits per heavy atom. The zero-order valence-electron chi connectivity index (χ0n) is 20.8. The van der Waals surface area contributed by atoms with Crippen molar-refractivity contribution in [3.05, 3.63) is 21.1 Å². The molecule has 9 nitrogen and oxygen atoms in total. The van der Waals surface area contributed by atoms with Gasteiger partial charge in [0.25, 0.3) is 0 Å². The third-order valence-electron chi connectivity index (χ3n) is 5.45. The highest BCUT2D eigenvalue weighted by molar-refractivity contribution is 9.11. The highest BCUT2D eigenvalue weighted by Crippen LogP contribution is 2.34. The summed E-state index contributed by atoms with van der Waals surface area (Å²) in [6.45, 7) is 8.34. The fourth-order valence-corrected chi connectivity index (χ4v) is 6.71. The predicted molar refractivity (Wildman–Crippen MR) is 141 cm³/mol. The number of sulfonamides is 1. The Labute approximate surface area is 225 Å². The molecule has 1 atom stereocenters. The van der Waals surface area contributed by atoms with Crippen molar-refractivity contribution in [2.75, 3.05) is 20.2 Å². The number of methoxy groups -OCH3 is 1. The second-order valence-corrected chi connectivity index (χ2v) is 12.9. The first-order valence-corrected chi connectivity index (χ1v) is 14.7. The molecular formula is C23H35Br2N3O6S. The van der Waals surface area contributed by atoms with Gasteiger partial charge in [0.15, 0.2) is 0 Å². The summed E-state index contributed by atoms with van der Waals surface area (Å²) in [4.78, 5) is 27.0. The Hall–Kier alpha value is -1.37. The number of halogens is 2. The molecule has 0 spiro atoms. The fraction of sp³-hybridized carbons (Fsp3) is 0.652. The van der Waals surface area contributed by atoms with E-state index in [1.807, 2.05) is 27.7 Å². The van der Waals surface area contributed by atoms with Crippen LogP contribution in [-0.2, 0) is 19.6 Å². The van der Waals surface area contributed by atoms with Crippen molar-refractivity contribution in [3.63, 3.8) is 0 Å². The Balaban J connectivity index is 2.07. The minimum Gasteiger partial charge on any atom is -0.496 e. The summed E-state index contributed by atoms with van der Waals surface area (Å²) in [5.41, 5.74) is -0.570. The molecule has 1 aromatic rings. The van der Waals surface area contributed by atoms with E-state index >= 15 is 0 Å². The van der Waals surface area contributed by atoms with Crippen molar-refractivity contribution in [1.29, 1.82) is 0 Å². The molecule has 12 heteroatoms. The molecule has 0 saturated carbocycles. The molecule has 2 amide bonds. The lowest BCUT2D eigenvalue weighted by molar-refractivity contribution is -0.123. The summed E-state index contributed by atoms with van der Waals surface area (Å²) in [6, 6.07) is 1.91. The van der Waals surface area contributed by atoms with Gasteiger partial charge in [-0.05, 0) is 78.0 Å². The molecule has 0 bridgehead atoms. The van der Waals surface area contributed by atoms with Crippen LogP contribution in [0.3, 0.4) is 0 Å². The minimum atomic E-state index is -4.02. The van der Waals surface area contributed by atoms with Crippen LogP contribution in [-0.4, -0.2) is 63.2 Å². The number of carbonyl (C=O) groups excluding carboxylic acids is 2. The van der Waals surface area contributed by atoms with Crippen LogP contribution in [0, 0.1) is 0 Å². The van der Waals surface area contributed by atoms with Gasteiger partial charge in [0.1, 0.15) is 17.4 Å². The number of unbranched alkanes of at least 4 members (excludes halogenated alkanes) is 1. The van der Waals surface area contributed by atoms with Gasteiger partial charge in [0.2, 0.25) is 15.9 Å². The van der Waals surface area contributed by atoms with Crippen LogP contribution < -0.4 is 14.8 Å². The molecule has 1 fully saturated rings. The first kappa shape index (κ1) is 29.9. The number of nitrogens with one attached hydrogen (secondary N) is 2. The third-order valence-corrected chi connectivity index (χ3v) is 8.50. The SMILES string of the molecule is CCCC[C@@H](NS(=O)(=O)c1cc(OC)c(Br)cc1Br)C(=O)NC1CCN(C(=O)OC(C)(C)C)CC1.